The summed E-state index contributed by atoms with van der Waals surface area (Å²) >= 11 is 0. The lowest BCUT2D eigenvalue weighted by molar-refractivity contribution is -0.00572. The van der Waals surface area contributed by atoms with Crippen LogP contribution in [0.2, 0.25) is 0 Å². The molecule has 0 radical (unpaired) electrons. The van der Waals surface area contributed by atoms with Crippen molar-refractivity contribution < 1.29 is 23.0 Å². The van der Waals surface area contributed by atoms with Crippen LogP contribution < -0.4 is 20.3 Å². The van der Waals surface area contributed by atoms with Gasteiger partial charge >= 0.3 is 0 Å². The van der Waals surface area contributed by atoms with E-state index in [4.69, 9.17) is 9.47 Å². The molecule has 1 aromatic carbocycles. The number of morpholine rings is 1. The van der Waals surface area contributed by atoms with Gasteiger partial charge in [0.05, 0.1) is 25.5 Å². The summed E-state index contributed by atoms with van der Waals surface area (Å²) in [5.41, 5.74) is 0.164. The molecular weight excluding hydrogens is 460 g/mol. The minimum atomic E-state index is -0.711. The third kappa shape index (κ3) is 5.27. The Morgan fingerprint density at radius 1 is 1.11 bits per heavy atom. The fourth-order valence-corrected chi connectivity index (χ4v) is 3.85. The molecule has 1 aliphatic rings. The lowest BCUT2D eigenvalue weighted by Crippen LogP contribution is -2.46. The number of nitrogens with zero attached hydrogens (tertiary/aromatic N) is 5. The van der Waals surface area contributed by atoms with Crippen LogP contribution >= 0.6 is 0 Å². The number of hydrogen-bond acceptors (Lipinski definition) is 9. The van der Waals surface area contributed by atoms with Crippen molar-refractivity contribution >= 4 is 23.5 Å². The highest BCUT2D eigenvalue weighted by atomic mass is 19.1. The minimum absolute atomic E-state index is 0.0334. The molecule has 0 unspecified atom stereocenters. The smallest absolute Gasteiger partial charge is 0.272 e. The number of nitrogens with one attached hydrogen (secondary N) is 2. The lowest BCUT2D eigenvalue weighted by atomic mass is 10.0. The first-order valence-corrected chi connectivity index (χ1v) is 10.9. The number of hydrogen-bond donors (Lipinski definition) is 2. The predicted octanol–water partition coefficient (Wildman–Crippen LogP) is 2.94. The van der Waals surface area contributed by atoms with Crippen LogP contribution in [0, 0.1) is 11.6 Å². The molecule has 1 amide bonds. The molecule has 35 heavy (non-hydrogen) atoms. The Bertz CT molecular complexity index is 1230. The van der Waals surface area contributed by atoms with Crippen molar-refractivity contribution in [3.05, 3.63) is 47.8 Å². The third-order valence-corrected chi connectivity index (χ3v) is 5.38. The highest BCUT2D eigenvalue weighted by molar-refractivity contribution is 5.99. The number of amides is 1. The molecule has 2 N–H and O–H groups in total. The second-order valence-electron chi connectivity index (χ2n) is 8.07. The van der Waals surface area contributed by atoms with E-state index < -0.39 is 17.5 Å². The van der Waals surface area contributed by atoms with Gasteiger partial charge in [-0.1, -0.05) is 0 Å². The van der Waals surface area contributed by atoms with Crippen molar-refractivity contribution in [2.75, 3.05) is 37.5 Å². The lowest BCUT2D eigenvalue weighted by Gasteiger charge is -2.35. The number of carbonyl (C=O) groups excluding carboxylic acids is 1. The number of rotatable bonds is 6. The zero-order chi connectivity index (χ0) is 25.1. The molecule has 0 aliphatic carbocycles. The van der Waals surface area contributed by atoms with Gasteiger partial charge in [0.25, 0.3) is 5.91 Å². The number of anilines is 3. The molecule has 3 heterocycles. The van der Waals surface area contributed by atoms with Crippen molar-refractivity contribution in [3.63, 3.8) is 0 Å². The summed E-state index contributed by atoms with van der Waals surface area (Å²) < 4.78 is 40.2. The molecular formula is C23H25F2N7O3. The first-order valence-electron chi connectivity index (χ1n) is 10.9. The van der Waals surface area contributed by atoms with E-state index in [0.717, 1.165) is 6.20 Å². The SMILES string of the molecule is CNC(=O)c1nnc(Nc2nc(N3C[C@@H](C)O[C@@H](C)C3)ncc2F)cc1-c1ccc(OC)cc1F. The Labute approximate surface area is 200 Å². The third-order valence-electron chi connectivity index (χ3n) is 5.38. The average Bonchev–Trinajstić information content (AvgIpc) is 2.84. The maximum Gasteiger partial charge on any atom is 0.272 e. The molecule has 2 aromatic heterocycles. The van der Waals surface area contributed by atoms with E-state index in [1.807, 2.05) is 18.7 Å². The quantitative estimate of drug-likeness (QED) is 0.544. The van der Waals surface area contributed by atoms with E-state index in [9.17, 15) is 13.6 Å². The fraction of sp³-hybridized carbons (Fsp3) is 0.348. The van der Waals surface area contributed by atoms with E-state index >= 15 is 0 Å². The molecule has 0 bridgehead atoms. The summed E-state index contributed by atoms with van der Waals surface area (Å²) in [5.74, 6) is -1.32. The molecule has 10 nitrogen and oxygen atoms in total. The van der Waals surface area contributed by atoms with Crippen LogP contribution in [0.5, 0.6) is 5.75 Å². The van der Waals surface area contributed by atoms with Crippen LogP contribution in [-0.2, 0) is 4.74 Å². The van der Waals surface area contributed by atoms with Crippen LogP contribution in [-0.4, -0.2) is 65.5 Å². The number of ether oxygens (including phenoxy) is 2. The predicted molar refractivity (Wildman–Crippen MR) is 125 cm³/mol. The van der Waals surface area contributed by atoms with Gasteiger partial charge in [-0.3, -0.25) is 4.79 Å². The fourth-order valence-electron chi connectivity index (χ4n) is 3.85. The Morgan fingerprint density at radius 3 is 2.51 bits per heavy atom. The summed E-state index contributed by atoms with van der Waals surface area (Å²) in [7, 11) is 2.85. The number of aromatic nitrogens is 4. The molecule has 1 saturated heterocycles. The van der Waals surface area contributed by atoms with Crippen LogP contribution in [0.4, 0.5) is 26.4 Å². The first-order chi connectivity index (χ1) is 16.8. The van der Waals surface area contributed by atoms with Crippen molar-refractivity contribution in [2.45, 2.75) is 26.1 Å². The Balaban J connectivity index is 1.70. The zero-order valence-electron chi connectivity index (χ0n) is 19.7. The Morgan fingerprint density at radius 2 is 1.86 bits per heavy atom. The summed E-state index contributed by atoms with van der Waals surface area (Å²) in [6.45, 7) is 4.98. The Kier molecular flexibility index (Phi) is 7.01. The van der Waals surface area contributed by atoms with Gasteiger partial charge in [-0.2, -0.15) is 4.98 Å². The van der Waals surface area contributed by atoms with Crippen LogP contribution in [0.15, 0.2) is 30.5 Å². The maximum absolute atomic E-state index is 14.8. The molecule has 12 heteroatoms. The molecule has 184 valence electrons. The van der Waals surface area contributed by atoms with E-state index in [-0.39, 0.29) is 40.7 Å². The van der Waals surface area contributed by atoms with E-state index in [0.29, 0.717) is 24.8 Å². The number of benzene rings is 1. The van der Waals surface area contributed by atoms with Gasteiger partial charge in [0.2, 0.25) is 5.95 Å². The largest absolute Gasteiger partial charge is 0.497 e. The number of carbonyl (C=O) groups is 1. The molecule has 1 aliphatic heterocycles. The van der Waals surface area contributed by atoms with Crippen LogP contribution in [0.3, 0.4) is 0 Å². The highest BCUT2D eigenvalue weighted by Crippen LogP contribution is 2.30. The Hall–Kier alpha value is -3.93. The van der Waals surface area contributed by atoms with Gasteiger partial charge in [-0.25, -0.2) is 13.8 Å². The molecule has 0 saturated carbocycles. The normalized spacial score (nSPS) is 17.7. The topological polar surface area (TPSA) is 114 Å². The van der Waals surface area contributed by atoms with E-state index in [1.165, 1.54) is 32.4 Å². The van der Waals surface area contributed by atoms with Gasteiger partial charge in [-0.05, 0) is 32.0 Å². The molecule has 1 fully saturated rings. The highest BCUT2D eigenvalue weighted by Gasteiger charge is 2.25. The van der Waals surface area contributed by atoms with Gasteiger partial charge in [0.1, 0.15) is 11.6 Å². The standard InChI is InChI=1S/C23H25F2N7O3/c1-12-10-32(11-13(2)35-12)23-27-9-18(25)21(29-23)28-19-8-16(20(31-30-19)22(33)26-3)15-6-5-14(34-4)7-17(15)24/h5-9,12-13H,10-11H2,1-4H3,(H,26,33)(H,27,28,29,30)/t12-,13+. The van der Waals surface area contributed by atoms with Crippen molar-refractivity contribution in [1.82, 2.24) is 25.5 Å². The second kappa shape index (κ2) is 10.1. The van der Waals surface area contributed by atoms with Crippen LogP contribution in [0.25, 0.3) is 11.1 Å². The van der Waals surface area contributed by atoms with E-state index in [2.05, 4.69) is 30.8 Å². The van der Waals surface area contributed by atoms with Gasteiger partial charge in [0, 0.05) is 37.3 Å². The number of halogens is 2. The maximum atomic E-state index is 14.8. The monoisotopic (exact) mass is 485 g/mol. The van der Waals surface area contributed by atoms with Crippen molar-refractivity contribution in [2.24, 2.45) is 0 Å². The van der Waals surface area contributed by atoms with Gasteiger partial charge in [-0.15, -0.1) is 10.2 Å². The number of methoxy groups -OCH3 is 1. The minimum Gasteiger partial charge on any atom is -0.497 e. The van der Waals surface area contributed by atoms with Crippen molar-refractivity contribution in [3.8, 4) is 16.9 Å². The molecule has 0 spiro atoms. The summed E-state index contributed by atoms with van der Waals surface area (Å²) in [5, 5.41) is 13.2. The summed E-state index contributed by atoms with van der Waals surface area (Å²) in [6, 6.07) is 5.62. The molecule has 3 aromatic rings. The van der Waals surface area contributed by atoms with Crippen LogP contribution in [0.1, 0.15) is 24.3 Å². The zero-order valence-corrected chi connectivity index (χ0v) is 19.7. The van der Waals surface area contributed by atoms with E-state index in [1.54, 1.807) is 6.07 Å². The van der Waals surface area contributed by atoms with Gasteiger partial charge < -0.3 is 25.0 Å². The van der Waals surface area contributed by atoms with Crippen molar-refractivity contribution in [1.29, 1.82) is 0 Å². The summed E-state index contributed by atoms with van der Waals surface area (Å²) in [6.07, 6.45) is 0.994. The average molecular weight is 485 g/mol. The van der Waals surface area contributed by atoms with Gasteiger partial charge in [0.15, 0.2) is 23.1 Å². The summed E-state index contributed by atoms with van der Waals surface area (Å²) in [4.78, 5) is 22.7. The second-order valence-corrected chi connectivity index (χ2v) is 8.07. The molecule has 4 rings (SSSR count). The molecule has 2 atom stereocenters. The first kappa shape index (κ1) is 24.2.